The van der Waals surface area contributed by atoms with Crippen LogP contribution in [0.5, 0.6) is 0 Å². The van der Waals surface area contributed by atoms with E-state index in [1.165, 1.54) is 17.1 Å². The highest BCUT2D eigenvalue weighted by molar-refractivity contribution is 5.85. The van der Waals surface area contributed by atoms with Gasteiger partial charge >= 0.3 is 0 Å². The van der Waals surface area contributed by atoms with Gasteiger partial charge in [-0.3, -0.25) is 0 Å². The Bertz CT molecular complexity index is 810. The van der Waals surface area contributed by atoms with Gasteiger partial charge in [0.05, 0.1) is 22.9 Å². The van der Waals surface area contributed by atoms with Gasteiger partial charge in [-0.25, -0.2) is 4.98 Å². The maximum Gasteiger partial charge on any atom is 0.224 e. The molecule has 2 heterocycles. The minimum absolute atomic E-state index is 0. The first-order chi connectivity index (χ1) is 9.78. The topological polar surface area (TPSA) is 80.3 Å². The third-order valence-electron chi connectivity index (χ3n) is 2.62. The Labute approximate surface area is 125 Å². The number of nitriles is 1. The van der Waals surface area contributed by atoms with Gasteiger partial charge in [0.1, 0.15) is 0 Å². The van der Waals surface area contributed by atoms with Crippen LogP contribution in [-0.4, -0.2) is 25.2 Å². The molecule has 2 aromatic heterocycles. The maximum atomic E-state index is 13.5. The Morgan fingerprint density at radius 3 is 2.81 bits per heavy atom. The molecule has 0 fully saturated rings. The molecule has 0 N–H and O–H groups in total. The number of tetrazole rings is 1. The molecule has 6 nitrogen and oxygen atoms in total. The zero-order valence-electron chi connectivity index (χ0n) is 10.5. The molecule has 0 radical (unpaired) electrons. The zero-order chi connectivity index (χ0) is 13.9. The van der Waals surface area contributed by atoms with E-state index in [4.69, 9.17) is 5.26 Å². The molecule has 104 valence electrons. The van der Waals surface area contributed by atoms with E-state index in [9.17, 15) is 4.39 Å². The van der Waals surface area contributed by atoms with Crippen molar-refractivity contribution in [3.8, 4) is 23.1 Å². The van der Waals surface area contributed by atoms with E-state index in [-0.39, 0.29) is 23.8 Å². The summed E-state index contributed by atoms with van der Waals surface area (Å²) in [5.41, 5.74) is 1.23. The monoisotopic (exact) mass is 302 g/mol. The Hall–Kier alpha value is -2.85. The predicted octanol–water partition coefficient (Wildman–Crippen LogP) is 2.16. The lowest BCUT2D eigenvalue weighted by atomic mass is 10.2. The Morgan fingerprint density at radius 2 is 2.05 bits per heavy atom. The molecule has 0 saturated heterocycles. The summed E-state index contributed by atoms with van der Waals surface area (Å²) >= 11 is 0. The van der Waals surface area contributed by atoms with E-state index < -0.39 is 5.95 Å². The Balaban J connectivity index is 0.00000161. The first-order valence-electron chi connectivity index (χ1n) is 5.69. The molecule has 3 aromatic rings. The number of hydrogen-bond acceptors (Lipinski definition) is 5. The fourth-order valence-electron chi connectivity index (χ4n) is 1.68. The standard InChI is InChI=1S/C13H7FN6.ClH/c14-12-11(5-2-6-16-12)13-17-19-20(18-13)10-4-1-3-9(7-10)8-15;/h1-7H;1H. The van der Waals surface area contributed by atoms with Crippen LogP contribution in [0.3, 0.4) is 0 Å². The lowest BCUT2D eigenvalue weighted by molar-refractivity contribution is 0.586. The van der Waals surface area contributed by atoms with Crippen molar-refractivity contribution in [1.82, 2.24) is 25.2 Å². The normalized spacial score (nSPS) is 9.71. The summed E-state index contributed by atoms with van der Waals surface area (Å²) in [7, 11) is 0. The molecule has 21 heavy (non-hydrogen) atoms. The molecule has 0 amide bonds. The van der Waals surface area contributed by atoms with Gasteiger partial charge in [-0.2, -0.15) is 9.65 Å². The minimum atomic E-state index is -0.655. The van der Waals surface area contributed by atoms with Gasteiger partial charge in [0.2, 0.25) is 11.8 Å². The SMILES string of the molecule is Cl.N#Cc1cccc(-n2nnc(-c3cccnc3F)n2)c1. The smallest absolute Gasteiger partial charge is 0.224 e. The van der Waals surface area contributed by atoms with Crippen LogP contribution in [0.4, 0.5) is 4.39 Å². The van der Waals surface area contributed by atoms with Crippen LogP contribution in [-0.2, 0) is 0 Å². The van der Waals surface area contributed by atoms with Crippen molar-refractivity contribution in [2.45, 2.75) is 0 Å². The van der Waals surface area contributed by atoms with Gasteiger partial charge in [0.25, 0.3) is 0 Å². The summed E-state index contributed by atoms with van der Waals surface area (Å²) in [4.78, 5) is 4.78. The van der Waals surface area contributed by atoms with E-state index in [1.807, 2.05) is 6.07 Å². The molecule has 0 aliphatic rings. The van der Waals surface area contributed by atoms with Crippen LogP contribution in [0.15, 0.2) is 42.6 Å². The lowest BCUT2D eigenvalue weighted by Crippen LogP contribution is -1.99. The summed E-state index contributed by atoms with van der Waals surface area (Å²) < 4.78 is 13.5. The molecule has 0 spiro atoms. The van der Waals surface area contributed by atoms with E-state index in [1.54, 1.807) is 30.3 Å². The number of pyridine rings is 1. The second-order valence-electron chi connectivity index (χ2n) is 3.91. The zero-order valence-corrected chi connectivity index (χ0v) is 11.3. The average molecular weight is 303 g/mol. The molecule has 0 aliphatic heterocycles. The summed E-state index contributed by atoms with van der Waals surface area (Å²) in [6, 6.07) is 11.9. The molecular weight excluding hydrogens is 295 g/mol. The lowest BCUT2D eigenvalue weighted by Gasteiger charge is -1.98. The Morgan fingerprint density at radius 1 is 1.19 bits per heavy atom. The van der Waals surface area contributed by atoms with Gasteiger partial charge in [-0.05, 0) is 35.5 Å². The summed E-state index contributed by atoms with van der Waals surface area (Å²) in [6.07, 6.45) is 1.35. The fourth-order valence-corrected chi connectivity index (χ4v) is 1.68. The van der Waals surface area contributed by atoms with Gasteiger partial charge in [-0.15, -0.1) is 27.4 Å². The highest BCUT2D eigenvalue weighted by Gasteiger charge is 2.12. The molecule has 0 unspecified atom stereocenters. The molecule has 1 aromatic carbocycles. The van der Waals surface area contributed by atoms with Crippen LogP contribution in [0, 0.1) is 17.3 Å². The quantitative estimate of drug-likeness (QED) is 0.678. The minimum Gasteiger partial charge on any atom is -0.228 e. The summed E-state index contributed by atoms with van der Waals surface area (Å²) in [6.45, 7) is 0. The van der Waals surface area contributed by atoms with Crippen molar-refractivity contribution in [3.63, 3.8) is 0 Å². The van der Waals surface area contributed by atoms with Crippen molar-refractivity contribution >= 4 is 12.4 Å². The maximum absolute atomic E-state index is 13.5. The third-order valence-corrected chi connectivity index (χ3v) is 2.62. The Kier molecular flexibility index (Phi) is 4.21. The highest BCUT2D eigenvalue weighted by atomic mass is 35.5. The van der Waals surface area contributed by atoms with Gasteiger partial charge < -0.3 is 0 Å². The first kappa shape index (κ1) is 14.6. The van der Waals surface area contributed by atoms with Crippen LogP contribution in [0.1, 0.15) is 5.56 Å². The molecule has 0 bridgehead atoms. The molecule has 0 atom stereocenters. The number of halogens is 2. The van der Waals surface area contributed by atoms with E-state index >= 15 is 0 Å². The van der Waals surface area contributed by atoms with Crippen molar-refractivity contribution < 1.29 is 4.39 Å². The van der Waals surface area contributed by atoms with Gasteiger partial charge in [0.15, 0.2) is 0 Å². The third kappa shape index (κ3) is 2.85. The summed E-state index contributed by atoms with van der Waals surface area (Å²) in [5.74, 6) is -0.518. The highest BCUT2D eigenvalue weighted by Crippen LogP contribution is 2.16. The molecule has 0 saturated carbocycles. The molecule has 0 aliphatic carbocycles. The molecule has 3 rings (SSSR count). The van der Waals surface area contributed by atoms with Crippen LogP contribution >= 0.6 is 12.4 Å². The van der Waals surface area contributed by atoms with Gasteiger partial charge in [-0.1, -0.05) is 6.07 Å². The number of hydrogen-bond donors (Lipinski definition) is 0. The predicted molar refractivity (Wildman–Crippen MR) is 74.3 cm³/mol. The van der Waals surface area contributed by atoms with Crippen LogP contribution in [0.2, 0.25) is 0 Å². The number of aromatic nitrogens is 5. The van der Waals surface area contributed by atoms with E-state index in [0.717, 1.165) is 0 Å². The number of benzene rings is 1. The second-order valence-corrected chi connectivity index (χ2v) is 3.91. The fraction of sp³-hybridized carbons (Fsp3) is 0. The van der Waals surface area contributed by atoms with Crippen molar-refractivity contribution in [2.24, 2.45) is 0 Å². The van der Waals surface area contributed by atoms with Crippen LogP contribution in [0.25, 0.3) is 17.1 Å². The van der Waals surface area contributed by atoms with Crippen molar-refractivity contribution in [3.05, 3.63) is 54.1 Å². The summed E-state index contributed by atoms with van der Waals surface area (Å²) in [5, 5.41) is 20.6. The van der Waals surface area contributed by atoms with Gasteiger partial charge in [0, 0.05) is 6.20 Å². The van der Waals surface area contributed by atoms with Crippen LogP contribution < -0.4 is 0 Å². The number of rotatable bonds is 2. The average Bonchev–Trinajstić information content (AvgIpc) is 2.97. The number of nitrogens with zero attached hydrogens (tertiary/aromatic N) is 6. The first-order valence-corrected chi connectivity index (χ1v) is 5.69. The molecular formula is C13H8ClFN6. The molecule has 8 heteroatoms. The van der Waals surface area contributed by atoms with Crippen molar-refractivity contribution in [2.75, 3.05) is 0 Å². The largest absolute Gasteiger partial charge is 0.228 e. The van der Waals surface area contributed by atoms with Crippen molar-refractivity contribution in [1.29, 1.82) is 5.26 Å². The van der Waals surface area contributed by atoms with E-state index in [0.29, 0.717) is 11.3 Å². The van der Waals surface area contributed by atoms with E-state index in [2.05, 4.69) is 20.4 Å². The second kappa shape index (κ2) is 6.07.